The monoisotopic (exact) mass is 210 g/mol. The predicted molar refractivity (Wildman–Crippen MR) is 60.8 cm³/mol. The van der Waals surface area contributed by atoms with Crippen molar-refractivity contribution in [2.24, 2.45) is 0 Å². The van der Waals surface area contributed by atoms with Crippen molar-refractivity contribution in [3.63, 3.8) is 0 Å². The van der Waals surface area contributed by atoms with Crippen molar-refractivity contribution in [1.82, 2.24) is 0 Å². The number of ether oxygens (including phenoxy) is 1. The Morgan fingerprint density at radius 3 is 2.93 bits per heavy atom. The lowest BCUT2D eigenvalue weighted by Crippen LogP contribution is -2.49. The summed E-state index contributed by atoms with van der Waals surface area (Å²) in [6, 6.07) is 0. The van der Waals surface area contributed by atoms with Gasteiger partial charge in [0.05, 0.1) is 11.7 Å². The molecular formula is C13H22O2. The van der Waals surface area contributed by atoms with Crippen molar-refractivity contribution < 1.29 is 9.84 Å². The highest BCUT2D eigenvalue weighted by Gasteiger charge is 2.45. The van der Waals surface area contributed by atoms with Crippen LogP contribution >= 0.6 is 0 Å². The van der Waals surface area contributed by atoms with E-state index in [1.54, 1.807) is 0 Å². The first kappa shape index (κ1) is 11.2. The first-order valence-corrected chi connectivity index (χ1v) is 6.28. The van der Waals surface area contributed by atoms with Crippen LogP contribution < -0.4 is 0 Å². The van der Waals surface area contributed by atoms with Crippen LogP contribution in [0.2, 0.25) is 0 Å². The molecule has 2 rings (SSSR count). The van der Waals surface area contributed by atoms with E-state index in [1.165, 1.54) is 24.8 Å². The number of hydrogen-bond donors (Lipinski definition) is 1. The Labute approximate surface area is 92.3 Å². The Bertz CT molecular complexity index is 239. The molecule has 2 nitrogen and oxygen atoms in total. The SMILES string of the molecule is CCOC1CC(O)(C2=CCCCCC2)C1. The van der Waals surface area contributed by atoms with E-state index in [4.69, 9.17) is 4.74 Å². The van der Waals surface area contributed by atoms with Gasteiger partial charge in [-0.25, -0.2) is 0 Å². The highest BCUT2D eigenvalue weighted by molar-refractivity contribution is 5.23. The van der Waals surface area contributed by atoms with E-state index in [9.17, 15) is 5.11 Å². The van der Waals surface area contributed by atoms with Gasteiger partial charge in [-0.3, -0.25) is 0 Å². The lowest BCUT2D eigenvalue weighted by molar-refractivity contribution is -0.117. The largest absolute Gasteiger partial charge is 0.385 e. The van der Waals surface area contributed by atoms with Crippen LogP contribution in [0, 0.1) is 0 Å². The minimum Gasteiger partial charge on any atom is -0.385 e. The molecule has 86 valence electrons. The number of rotatable bonds is 3. The molecule has 1 fully saturated rings. The molecule has 1 N–H and O–H groups in total. The highest BCUT2D eigenvalue weighted by Crippen LogP contribution is 2.43. The van der Waals surface area contributed by atoms with Crippen LogP contribution in [0.25, 0.3) is 0 Å². The van der Waals surface area contributed by atoms with Crippen molar-refractivity contribution in [2.45, 2.75) is 63.6 Å². The molecule has 0 spiro atoms. The van der Waals surface area contributed by atoms with Crippen molar-refractivity contribution in [3.8, 4) is 0 Å². The molecule has 2 aliphatic carbocycles. The molecule has 0 aromatic rings. The summed E-state index contributed by atoms with van der Waals surface area (Å²) < 4.78 is 5.51. The third-order valence-electron chi connectivity index (χ3n) is 3.67. The standard InChI is InChI=1S/C13H22O2/c1-2-15-12-9-13(14,10-12)11-7-5-3-4-6-8-11/h7,12,14H,2-6,8-10H2,1H3. The maximum absolute atomic E-state index is 10.4. The van der Waals surface area contributed by atoms with Gasteiger partial charge in [-0.2, -0.15) is 0 Å². The second-order valence-electron chi connectivity index (χ2n) is 4.85. The average molecular weight is 210 g/mol. The van der Waals surface area contributed by atoms with Gasteiger partial charge < -0.3 is 9.84 Å². The Morgan fingerprint density at radius 1 is 1.40 bits per heavy atom. The average Bonchev–Trinajstić information content (AvgIpc) is 2.43. The molecule has 0 bridgehead atoms. The highest BCUT2D eigenvalue weighted by atomic mass is 16.5. The van der Waals surface area contributed by atoms with E-state index in [0.717, 1.165) is 32.3 Å². The third-order valence-corrected chi connectivity index (χ3v) is 3.67. The summed E-state index contributed by atoms with van der Waals surface area (Å²) in [5, 5.41) is 10.4. The number of aliphatic hydroxyl groups is 1. The fraction of sp³-hybridized carbons (Fsp3) is 0.846. The quantitative estimate of drug-likeness (QED) is 0.726. The molecule has 2 aliphatic rings. The minimum atomic E-state index is -0.510. The number of hydrogen-bond acceptors (Lipinski definition) is 2. The summed E-state index contributed by atoms with van der Waals surface area (Å²) in [5.74, 6) is 0. The molecule has 0 saturated heterocycles. The Balaban J connectivity index is 1.90. The zero-order valence-corrected chi connectivity index (χ0v) is 9.67. The van der Waals surface area contributed by atoms with Gasteiger partial charge in [-0.05, 0) is 38.2 Å². The normalized spacial score (nSPS) is 36.7. The lowest BCUT2D eigenvalue weighted by atomic mass is 9.71. The third kappa shape index (κ3) is 2.43. The van der Waals surface area contributed by atoms with Gasteiger partial charge in [-0.15, -0.1) is 0 Å². The zero-order chi connectivity index (χ0) is 10.7. The molecule has 0 radical (unpaired) electrons. The summed E-state index contributed by atoms with van der Waals surface area (Å²) in [4.78, 5) is 0. The predicted octanol–water partition coefficient (Wildman–Crippen LogP) is 2.81. The van der Waals surface area contributed by atoms with Crippen LogP contribution in [0.15, 0.2) is 11.6 Å². The minimum absolute atomic E-state index is 0.296. The molecule has 1 saturated carbocycles. The lowest BCUT2D eigenvalue weighted by Gasteiger charge is -2.45. The Kier molecular flexibility index (Phi) is 3.47. The van der Waals surface area contributed by atoms with E-state index in [0.29, 0.717) is 6.10 Å². The van der Waals surface area contributed by atoms with E-state index in [1.807, 2.05) is 6.92 Å². The molecule has 2 heteroatoms. The summed E-state index contributed by atoms with van der Waals surface area (Å²) >= 11 is 0. The molecule has 0 heterocycles. The fourth-order valence-electron chi connectivity index (χ4n) is 2.75. The van der Waals surface area contributed by atoms with Crippen molar-refractivity contribution in [2.75, 3.05) is 6.61 Å². The summed E-state index contributed by atoms with van der Waals surface area (Å²) in [6.45, 7) is 2.78. The Hall–Kier alpha value is -0.340. The van der Waals surface area contributed by atoms with E-state index in [2.05, 4.69) is 6.08 Å². The Morgan fingerprint density at radius 2 is 2.20 bits per heavy atom. The fourth-order valence-corrected chi connectivity index (χ4v) is 2.75. The second kappa shape index (κ2) is 4.67. The summed E-state index contributed by atoms with van der Waals surface area (Å²) in [6.07, 6.45) is 10.3. The van der Waals surface area contributed by atoms with Crippen molar-refractivity contribution in [1.29, 1.82) is 0 Å². The van der Waals surface area contributed by atoms with Gasteiger partial charge in [0, 0.05) is 19.4 Å². The maximum Gasteiger partial charge on any atom is 0.0906 e. The molecule has 0 amide bonds. The molecule has 15 heavy (non-hydrogen) atoms. The first-order chi connectivity index (χ1) is 7.24. The van der Waals surface area contributed by atoms with Gasteiger partial charge in [0.25, 0.3) is 0 Å². The topological polar surface area (TPSA) is 29.5 Å². The molecule has 0 aromatic carbocycles. The van der Waals surface area contributed by atoms with Crippen LogP contribution in [0.1, 0.15) is 51.9 Å². The maximum atomic E-state index is 10.4. The van der Waals surface area contributed by atoms with Gasteiger partial charge in [-0.1, -0.05) is 12.5 Å². The van der Waals surface area contributed by atoms with Gasteiger partial charge >= 0.3 is 0 Å². The van der Waals surface area contributed by atoms with Crippen LogP contribution in [0.5, 0.6) is 0 Å². The smallest absolute Gasteiger partial charge is 0.0906 e. The van der Waals surface area contributed by atoms with Crippen molar-refractivity contribution in [3.05, 3.63) is 11.6 Å². The number of allylic oxidation sites excluding steroid dienone is 1. The van der Waals surface area contributed by atoms with E-state index in [-0.39, 0.29) is 0 Å². The van der Waals surface area contributed by atoms with Gasteiger partial charge in [0.2, 0.25) is 0 Å². The molecular weight excluding hydrogens is 188 g/mol. The molecule has 0 aromatic heterocycles. The van der Waals surface area contributed by atoms with Gasteiger partial charge in [0.15, 0.2) is 0 Å². The van der Waals surface area contributed by atoms with E-state index < -0.39 is 5.60 Å². The van der Waals surface area contributed by atoms with Crippen LogP contribution in [0.4, 0.5) is 0 Å². The summed E-state index contributed by atoms with van der Waals surface area (Å²) in [7, 11) is 0. The van der Waals surface area contributed by atoms with Crippen LogP contribution in [-0.4, -0.2) is 23.4 Å². The molecule has 0 aliphatic heterocycles. The summed E-state index contributed by atoms with van der Waals surface area (Å²) in [5.41, 5.74) is 0.778. The molecule has 0 atom stereocenters. The second-order valence-corrected chi connectivity index (χ2v) is 4.85. The van der Waals surface area contributed by atoms with Crippen LogP contribution in [-0.2, 0) is 4.74 Å². The van der Waals surface area contributed by atoms with E-state index >= 15 is 0 Å². The van der Waals surface area contributed by atoms with Crippen LogP contribution in [0.3, 0.4) is 0 Å². The van der Waals surface area contributed by atoms with Gasteiger partial charge in [0.1, 0.15) is 0 Å². The molecule has 0 unspecified atom stereocenters. The zero-order valence-electron chi connectivity index (χ0n) is 9.67. The van der Waals surface area contributed by atoms with Crippen molar-refractivity contribution >= 4 is 0 Å². The first-order valence-electron chi connectivity index (χ1n) is 6.28.